The number of nitrogens with zero attached hydrogens (tertiary/aromatic N) is 3. The summed E-state index contributed by atoms with van der Waals surface area (Å²) in [4.78, 5) is 39.6. The van der Waals surface area contributed by atoms with Crippen molar-refractivity contribution < 1.29 is 18.8 Å². The van der Waals surface area contributed by atoms with E-state index in [0.29, 0.717) is 25.3 Å². The molecule has 2 heterocycles. The van der Waals surface area contributed by atoms with Crippen LogP contribution in [0.3, 0.4) is 0 Å². The minimum Gasteiger partial charge on any atom is -0.355 e. The average molecular weight is 486 g/mol. The molecule has 0 unspecified atom stereocenters. The number of allylic oxidation sites excluding steroid dienone is 1. The number of amides is 3. The number of rotatable bonds is 7. The highest BCUT2D eigenvalue weighted by Gasteiger charge is 2.30. The number of aromatic nitrogens is 2. The Morgan fingerprint density at radius 2 is 1.88 bits per heavy atom. The number of anilines is 1. The maximum absolute atomic E-state index is 13.0. The second kappa shape index (κ2) is 11.3. The molecule has 1 fully saturated rings. The van der Waals surface area contributed by atoms with Crippen LogP contribution in [0.1, 0.15) is 64.6 Å². The number of carbonyl (C=O) groups is 3. The highest BCUT2D eigenvalue weighted by Crippen LogP contribution is 2.22. The smallest absolute Gasteiger partial charge is 0.286 e. The van der Waals surface area contributed by atoms with Crippen LogP contribution in [-0.4, -0.2) is 52.5 Å². The first-order chi connectivity index (χ1) is 16.5. The van der Waals surface area contributed by atoms with Crippen molar-refractivity contribution in [1.29, 1.82) is 0 Å². The Morgan fingerprint density at radius 1 is 1.09 bits per heavy atom. The zero-order valence-electron chi connectivity index (χ0n) is 18.9. The molecule has 0 bridgehead atoms. The van der Waals surface area contributed by atoms with Crippen LogP contribution in [0.15, 0.2) is 35.9 Å². The van der Waals surface area contributed by atoms with Gasteiger partial charge in [0.25, 0.3) is 11.8 Å². The fourth-order valence-electron chi connectivity index (χ4n) is 4.25. The lowest BCUT2D eigenvalue weighted by molar-refractivity contribution is -0.126. The van der Waals surface area contributed by atoms with Gasteiger partial charge in [0.05, 0.1) is 5.92 Å². The van der Waals surface area contributed by atoms with E-state index < -0.39 is 11.7 Å². The van der Waals surface area contributed by atoms with E-state index in [1.165, 1.54) is 42.7 Å². The first kappa shape index (κ1) is 24.0. The van der Waals surface area contributed by atoms with Gasteiger partial charge in [-0.2, -0.15) is 0 Å². The number of piperidine rings is 1. The van der Waals surface area contributed by atoms with Crippen LogP contribution in [0.2, 0.25) is 0 Å². The number of hydrogen-bond acceptors (Lipinski definition) is 6. The molecule has 0 saturated carbocycles. The van der Waals surface area contributed by atoms with Crippen LogP contribution in [0.4, 0.5) is 10.1 Å². The quantitative estimate of drug-likeness (QED) is 0.581. The minimum atomic E-state index is -0.521. The second-order valence-corrected chi connectivity index (χ2v) is 9.59. The van der Waals surface area contributed by atoms with E-state index in [4.69, 9.17) is 0 Å². The van der Waals surface area contributed by atoms with Gasteiger partial charge in [-0.1, -0.05) is 23.0 Å². The molecule has 8 nitrogen and oxygen atoms in total. The molecule has 10 heteroatoms. The Morgan fingerprint density at radius 3 is 2.65 bits per heavy atom. The summed E-state index contributed by atoms with van der Waals surface area (Å²) < 4.78 is 13.0. The van der Waals surface area contributed by atoms with Crippen LogP contribution in [0.25, 0.3) is 0 Å². The molecule has 1 aromatic carbocycles. The third-order valence-electron chi connectivity index (χ3n) is 6.11. The summed E-state index contributed by atoms with van der Waals surface area (Å²) in [5.41, 5.74) is 1.83. The van der Waals surface area contributed by atoms with Crippen molar-refractivity contribution in [3.05, 3.63) is 51.7 Å². The predicted molar refractivity (Wildman–Crippen MR) is 127 cm³/mol. The third-order valence-corrected chi connectivity index (χ3v) is 7.02. The van der Waals surface area contributed by atoms with Gasteiger partial charge in [-0.25, -0.2) is 4.39 Å². The summed E-state index contributed by atoms with van der Waals surface area (Å²) in [5.74, 6) is -1.54. The molecule has 180 valence electrons. The van der Waals surface area contributed by atoms with Crippen molar-refractivity contribution in [3.8, 4) is 0 Å². The molecule has 0 spiro atoms. The standard InChI is InChI=1S/C24H28FN5O3S/c25-18-8-10-19(11-9-18)27-21(32)22-28-29-23(34-22)24(33)30-14-4-7-17(15-30)20(31)26-13-12-16-5-2-1-3-6-16/h5,8-11,17H,1-4,6-7,12-15H2,(H,26,31)(H,27,32)/t17-/m0/s1. The SMILES string of the molecule is O=C(Nc1ccc(F)cc1)c1nnc(C(=O)N2CCC[C@H](C(=O)NCCC3=CCCCC3)C2)s1. The number of halogens is 1. The summed E-state index contributed by atoms with van der Waals surface area (Å²) in [6.07, 6.45) is 9.35. The van der Waals surface area contributed by atoms with Gasteiger partial charge in [0.1, 0.15) is 5.82 Å². The van der Waals surface area contributed by atoms with E-state index in [-0.39, 0.29) is 27.7 Å². The van der Waals surface area contributed by atoms with Gasteiger partial charge in [0, 0.05) is 25.3 Å². The second-order valence-electron chi connectivity index (χ2n) is 8.61. The average Bonchev–Trinajstić information content (AvgIpc) is 3.36. The van der Waals surface area contributed by atoms with E-state index in [1.54, 1.807) is 4.90 Å². The van der Waals surface area contributed by atoms with Gasteiger partial charge < -0.3 is 15.5 Å². The van der Waals surface area contributed by atoms with Crippen LogP contribution < -0.4 is 10.6 Å². The summed E-state index contributed by atoms with van der Waals surface area (Å²) >= 11 is 0.898. The molecule has 4 rings (SSSR count). The molecular weight excluding hydrogens is 457 g/mol. The molecular formula is C24H28FN5O3S. The molecule has 3 amide bonds. The Balaban J connectivity index is 1.29. The Hall–Kier alpha value is -3.14. The Kier molecular flexibility index (Phi) is 7.99. The van der Waals surface area contributed by atoms with Crippen molar-refractivity contribution in [2.45, 2.75) is 44.9 Å². The van der Waals surface area contributed by atoms with Gasteiger partial charge in [-0.05, 0) is 69.2 Å². The maximum atomic E-state index is 13.0. The lowest BCUT2D eigenvalue weighted by atomic mass is 9.96. The van der Waals surface area contributed by atoms with Gasteiger partial charge in [-0.3, -0.25) is 14.4 Å². The molecule has 2 aliphatic rings. The highest BCUT2D eigenvalue weighted by molar-refractivity contribution is 7.15. The lowest BCUT2D eigenvalue weighted by Gasteiger charge is -2.31. The Bertz CT molecular complexity index is 1070. The summed E-state index contributed by atoms with van der Waals surface area (Å²) in [5, 5.41) is 13.5. The molecule has 1 saturated heterocycles. The van der Waals surface area contributed by atoms with Gasteiger partial charge in [0.2, 0.25) is 15.9 Å². The normalized spacial score (nSPS) is 18.2. The molecule has 2 aromatic rings. The van der Waals surface area contributed by atoms with Crippen molar-refractivity contribution in [1.82, 2.24) is 20.4 Å². The highest BCUT2D eigenvalue weighted by atomic mass is 32.1. The maximum Gasteiger partial charge on any atom is 0.286 e. The monoisotopic (exact) mass is 485 g/mol. The number of benzene rings is 1. The van der Waals surface area contributed by atoms with Crippen LogP contribution >= 0.6 is 11.3 Å². The Labute approximate surface area is 201 Å². The largest absolute Gasteiger partial charge is 0.355 e. The fraction of sp³-hybridized carbons (Fsp3) is 0.458. The molecule has 1 aromatic heterocycles. The molecule has 0 radical (unpaired) electrons. The van der Waals surface area contributed by atoms with Crippen molar-refractivity contribution in [2.24, 2.45) is 5.92 Å². The molecule has 1 aliphatic heterocycles. The number of likely N-dealkylation sites (tertiary alicyclic amines) is 1. The molecule has 2 N–H and O–H groups in total. The molecule has 1 aliphatic carbocycles. The predicted octanol–water partition coefficient (Wildman–Crippen LogP) is 3.79. The summed E-state index contributed by atoms with van der Waals surface area (Å²) in [6.45, 7) is 1.48. The van der Waals surface area contributed by atoms with Crippen LogP contribution in [0.5, 0.6) is 0 Å². The van der Waals surface area contributed by atoms with E-state index in [0.717, 1.165) is 43.4 Å². The molecule has 34 heavy (non-hydrogen) atoms. The van der Waals surface area contributed by atoms with Crippen LogP contribution in [0, 0.1) is 11.7 Å². The van der Waals surface area contributed by atoms with Crippen LogP contribution in [-0.2, 0) is 4.79 Å². The first-order valence-corrected chi connectivity index (χ1v) is 12.5. The summed E-state index contributed by atoms with van der Waals surface area (Å²) in [7, 11) is 0. The van der Waals surface area contributed by atoms with Crippen molar-refractivity contribution in [3.63, 3.8) is 0 Å². The van der Waals surface area contributed by atoms with E-state index in [9.17, 15) is 18.8 Å². The van der Waals surface area contributed by atoms with E-state index in [2.05, 4.69) is 26.9 Å². The van der Waals surface area contributed by atoms with Crippen molar-refractivity contribution in [2.75, 3.05) is 25.0 Å². The van der Waals surface area contributed by atoms with Gasteiger partial charge in [0.15, 0.2) is 0 Å². The topological polar surface area (TPSA) is 104 Å². The zero-order valence-corrected chi connectivity index (χ0v) is 19.7. The van der Waals surface area contributed by atoms with Crippen molar-refractivity contribution >= 4 is 34.7 Å². The zero-order chi connectivity index (χ0) is 23.9. The number of hydrogen-bond donors (Lipinski definition) is 2. The number of nitrogens with one attached hydrogen (secondary N) is 2. The summed E-state index contributed by atoms with van der Waals surface area (Å²) in [6, 6.07) is 5.35. The minimum absolute atomic E-state index is 0.0227. The lowest BCUT2D eigenvalue weighted by Crippen LogP contribution is -2.45. The third kappa shape index (κ3) is 6.25. The van der Waals surface area contributed by atoms with Gasteiger partial charge >= 0.3 is 0 Å². The van der Waals surface area contributed by atoms with Gasteiger partial charge in [-0.15, -0.1) is 10.2 Å². The number of carbonyl (C=O) groups excluding carboxylic acids is 3. The fourth-order valence-corrected chi connectivity index (χ4v) is 4.96. The molecule has 1 atom stereocenters. The van der Waals surface area contributed by atoms with E-state index >= 15 is 0 Å². The first-order valence-electron chi connectivity index (χ1n) is 11.6. The van der Waals surface area contributed by atoms with E-state index in [1.807, 2.05) is 0 Å².